The molecular weight excluding hydrogens is 364 g/mol. The molecule has 1 aromatic carbocycles. The van der Waals surface area contributed by atoms with Crippen LogP contribution in [0.25, 0.3) is 0 Å². The van der Waals surface area contributed by atoms with Crippen molar-refractivity contribution < 1.29 is 14.3 Å². The van der Waals surface area contributed by atoms with Gasteiger partial charge in [0.2, 0.25) is 0 Å². The average Bonchev–Trinajstić information content (AvgIpc) is 2.61. The van der Waals surface area contributed by atoms with Gasteiger partial charge in [0.15, 0.2) is 0 Å². The van der Waals surface area contributed by atoms with E-state index in [1.165, 1.54) is 0 Å². The van der Waals surface area contributed by atoms with Crippen LogP contribution in [-0.4, -0.2) is 73.0 Å². The van der Waals surface area contributed by atoms with E-state index < -0.39 is 5.60 Å². The smallest absolute Gasteiger partial charge is 0.410 e. The summed E-state index contributed by atoms with van der Waals surface area (Å²) in [6.07, 6.45) is 1.74. The van der Waals surface area contributed by atoms with Crippen LogP contribution >= 0.6 is 11.8 Å². The molecule has 1 aromatic rings. The number of thioether (sulfide) groups is 1. The Morgan fingerprint density at radius 3 is 2.52 bits per heavy atom. The van der Waals surface area contributed by atoms with Crippen molar-refractivity contribution in [2.45, 2.75) is 31.3 Å². The second-order valence-corrected chi connectivity index (χ2v) is 8.30. The Kier molecular flexibility index (Phi) is 7.79. The van der Waals surface area contributed by atoms with E-state index in [1.54, 1.807) is 16.7 Å². The summed E-state index contributed by atoms with van der Waals surface area (Å²) in [6, 6.07) is 7.53. The molecule has 150 valence electrons. The van der Waals surface area contributed by atoms with Crippen molar-refractivity contribution in [1.29, 1.82) is 0 Å². The highest BCUT2D eigenvalue weighted by molar-refractivity contribution is 7.98. The maximum Gasteiger partial charge on any atom is 0.410 e. The van der Waals surface area contributed by atoms with Crippen molar-refractivity contribution in [2.24, 2.45) is 0 Å². The molecule has 7 nitrogen and oxygen atoms in total. The highest BCUT2D eigenvalue weighted by Crippen LogP contribution is 2.18. The summed E-state index contributed by atoms with van der Waals surface area (Å²) in [5, 5.41) is 5.72. The molecule has 0 aromatic heterocycles. The molecule has 0 radical (unpaired) electrons. The number of carbonyl (C=O) groups is 2. The molecule has 3 amide bonds. The quantitative estimate of drug-likeness (QED) is 0.751. The van der Waals surface area contributed by atoms with Crippen LogP contribution < -0.4 is 10.6 Å². The Hall–Kier alpha value is -1.93. The van der Waals surface area contributed by atoms with Crippen molar-refractivity contribution in [3.8, 4) is 0 Å². The predicted octanol–water partition coefficient (Wildman–Crippen LogP) is 3.08. The van der Waals surface area contributed by atoms with Gasteiger partial charge in [-0.05, 0) is 45.2 Å². The molecule has 2 N–H and O–H groups in total. The van der Waals surface area contributed by atoms with Crippen LogP contribution in [0.1, 0.15) is 20.8 Å². The van der Waals surface area contributed by atoms with Gasteiger partial charge in [-0.1, -0.05) is 6.07 Å². The summed E-state index contributed by atoms with van der Waals surface area (Å²) < 4.78 is 5.40. The molecule has 1 heterocycles. The average molecular weight is 395 g/mol. The van der Waals surface area contributed by atoms with Crippen LogP contribution in [0.4, 0.5) is 15.3 Å². The van der Waals surface area contributed by atoms with Crippen LogP contribution in [0, 0.1) is 0 Å². The van der Waals surface area contributed by atoms with Gasteiger partial charge in [0.05, 0.1) is 0 Å². The largest absolute Gasteiger partial charge is 0.444 e. The van der Waals surface area contributed by atoms with E-state index >= 15 is 0 Å². The second kappa shape index (κ2) is 9.85. The number of ether oxygens (including phenoxy) is 1. The van der Waals surface area contributed by atoms with Crippen LogP contribution in [-0.2, 0) is 4.74 Å². The molecule has 0 saturated carbocycles. The summed E-state index contributed by atoms with van der Waals surface area (Å²) in [6.45, 7) is 9.75. The Bertz CT molecular complexity index is 640. The molecule has 0 bridgehead atoms. The molecule has 1 saturated heterocycles. The molecule has 0 aliphatic carbocycles. The number of hydrogen-bond acceptors (Lipinski definition) is 5. The molecule has 0 spiro atoms. The SMILES string of the molecule is CSc1cccc(NC(=O)NCCN2CCN(C(=O)OC(C)(C)C)CC2)c1. The van der Waals surface area contributed by atoms with E-state index in [4.69, 9.17) is 4.74 Å². The first-order chi connectivity index (χ1) is 12.8. The zero-order valence-electron chi connectivity index (χ0n) is 16.6. The fourth-order valence-electron chi connectivity index (χ4n) is 2.68. The fraction of sp³-hybridized carbons (Fsp3) is 0.579. The first-order valence-electron chi connectivity index (χ1n) is 9.16. The highest BCUT2D eigenvalue weighted by Gasteiger charge is 2.25. The standard InChI is InChI=1S/C19H30N4O3S/c1-19(2,3)26-18(25)23-12-10-22(11-13-23)9-8-20-17(24)21-15-6-5-7-16(14-15)27-4/h5-7,14H,8-13H2,1-4H3,(H2,20,21,24). The Morgan fingerprint density at radius 1 is 1.19 bits per heavy atom. The molecule has 8 heteroatoms. The molecule has 27 heavy (non-hydrogen) atoms. The van der Waals surface area contributed by atoms with Gasteiger partial charge in [0.1, 0.15) is 5.60 Å². The Balaban J connectivity index is 1.65. The lowest BCUT2D eigenvalue weighted by Gasteiger charge is -2.35. The molecular formula is C19H30N4O3S. The molecule has 0 unspecified atom stereocenters. The fourth-order valence-corrected chi connectivity index (χ4v) is 3.14. The molecule has 1 aliphatic heterocycles. The van der Waals surface area contributed by atoms with Crippen LogP contribution in [0.15, 0.2) is 29.2 Å². The van der Waals surface area contributed by atoms with E-state index in [-0.39, 0.29) is 12.1 Å². The zero-order valence-corrected chi connectivity index (χ0v) is 17.4. The number of benzene rings is 1. The molecule has 0 atom stereocenters. The van der Waals surface area contributed by atoms with Crippen molar-refractivity contribution in [1.82, 2.24) is 15.1 Å². The number of amides is 3. The van der Waals surface area contributed by atoms with Gasteiger partial charge in [-0.2, -0.15) is 0 Å². The predicted molar refractivity (Wildman–Crippen MR) is 109 cm³/mol. The first kappa shape index (κ1) is 21.4. The minimum atomic E-state index is -0.471. The highest BCUT2D eigenvalue weighted by atomic mass is 32.2. The van der Waals surface area contributed by atoms with E-state index in [9.17, 15) is 9.59 Å². The Labute approximate surface area is 165 Å². The van der Waals surface area contributed by atoms with Crippen LogP contribution in [0.3, 0.4) is 0 Å². The van der Waals surface area contributed by atoms with Gasteiger partial charge in [-0.3, -0.25) is 4.90 Å². The van der Waals surface area contributed by atoms with E-state index in [0.29, 0.717) is 19.6 Å². The lowest BCUT2D eigenvalue weighted by molar-refractivity contribution is 0.0147. The molecule has 1 aliphatic rings. The number of anilines is 1. The van der Waals surface area contributed by atoms with Crippen molar-refractivity contribution in [2.75, 3.05) is 50.8 Å². The van der Waals surface area contributed by atoms with Crippen LogP contribution in [0.2, 0.25) is 0 Å². The number of nitrogens with one attached hydrogen (secondary N) is 2. The summed E-state index contributed by atoms with van der Waals surface area (Å²) >= 11 is 1.64. The number of carbonyl (C=O) groups excluding carboxylic acids is 2. The van der Waals surface area contributed by atoms with Gasteiger partial charge in [-0.25, -0.2) is 9.59 Å². The third kappa shape index (κ3) is 7.68. The summed E-state index contributed by atoms with van der Waals surface area (Å²) in [5.41, 5.74) is 0.311. The van der Waals surface area contributed by atoms with E-state index in [2.05, 4.69) is 15.5 Å². The van der Waals surface area contributed by atoms with Gasteiger partial charge < -0.3 is 20.3 Å². The van der Waals surface area contributed by atoms with Gasteiger partial charge in [0.25, 0.3) is 0 Å². The van der Waals surface area contributed by atoms with Crippen molar-refractivity contribution in [3.63, 3.8) is 0 Å². The van der Waals surface area contributed by atoms with Gasteiger partial charge in [0, 0.05) is 49.9 Å². The maximum atomic E-state index is 12.1. The third-order valence-electron chi connectivity index (χ3n) is 4.07. The maximum absolute atomic E-state index is 12.1. The number of nitrogens with zero attached hydrogens (tertiary/aromatic N) is 2. The lowest BCUT2D eigenvalue weighted by atomic mass is 10.2. The lowest BCUT2D eigenvalue weighted by Crippen LogP contribution is -2.51. The summed E-state index contributed by atoms with van der Waals surface area (Å²) in [4.78, 5) is 29.1. The normalized spacial score (nSPS) is 15.3. The second-order valence-electron chi connectivity index (χ2n) is 7.42. The van der Waals surface area contributed by atoms with E-state index in [0.717, 1.165) is 30.2 Å². The minimum absolute atomic E-state index is 0.208. The van der Waals surface area contributed by atoms with Gasteiger partial charge >= 0.3 is 12.1 Å². The number of hydrogen-bond donors (Lipinski definition) is 2. The van der Waals surface area contributed by atoms with Crippen molar-refractivity contribution >= 4 is 29.6 Å². The van der Waals surface area contributed by atoms with Crippen LogP contribution in [0.5, 0.6) is 0 Å². The Morgan fingerprint density at radius 2 is 1.89 bits per heavy atom. The van der Waals surface area contributed by atoms with Crippen molar-refractivity contribution in [3.05, 3.63) is 24.3 Å². The summed E-state index contributed by atoms with van der Waals surface area (Å²) in [7, 11) is 0. The van der Waals surface area contributed by atoms with Gasteiger partial charge in [-0.15, -0.1) is 11.8 Å². The number of piperazine rings is 1. The minimum Gasteiger partial charge on any atom is -0.444 e. The third-order valence-corrected chi connectivity index (χ3v) is 4.79. The van der Waals surface area contributed by atoms with E-state index in [1.807, 2.05) is 51.3 Å². The zero-order chi connectivity index (χ0) is 19.9. The number of rotatable bonds is 5. The summed E-state index contributed by atoms with van der Waals surface area (Å²) in [5.74, 6) is 0. The molecule has 1 fully saturated rings. The number of urea groups is 1. The monoisotopic (exact) mass is 394 g/mol. The topological polar surface area (TPSA) is 73.9 Å². The first-order valence-corrected chi connectivity index (χ1v) is 10.4. The molecule has 2 rings (SSSR count).